The molecule has 3 atom stereocenters. The van der Waals surface area contributed by atoms with Gasteiger partial charge in [-0.3, -0.25) is 0 Å². The summed E-state index contributed by atoms with van der Waals surface area (Å²) in [5.74, 6) is 3.01. The number of likely N-dealkylation sites (N-methyl/N-ethyl adjacent to an activating group) is 1. The molecule has 0 aliphatic heterocycles. The molecule has 0 spiro atoms. The number of hydrogen-bond acceptors (Lipinski definition) is 5. The Morgan fingerprint density at radius 1 is 1.21 bits per heavy atom. The van der Waals surface area contributed by atoms with E-state index in [1.165, 1.54) is 24.0 Å². The van der Waals surface area contributed by atoms with Crippen molar-refractivity contribution in [1.82, 2.24) is 4.90 Å². The van der Waals surface area contributed by atoms with Gasteiger partial charge in [-0.15, -0.1) is 0 Å². The summed E-state index contributed by atoms with van der Waals surface area (Å²) in [6.45, 7) is 7.25. The van der Waals surface area contributed by atoms with E-state index < -0.39 is 6.10 Å². The molecular formula is C24H37NO4. The maximum atomic E-state index is 10.4. The molecular weight excluding hydrogens is 366 g/mol. The van der Waals surface area contributed by atoms with Crippen LogP contribution in [0.15, 0.2) is 29.8 Å². The molecule has 1 fully saturated rings. The number of benzene rings is 1. The van der Waals surface area contributed by atoms with Crippen LogP contribution in [0.3, 0.4) is 0 Å². The van der Waals surface area contributed by atoms with Gasteiger partial charge in [-0.05, 0) is 66.8 Å². The van der Waals surface area contributed by atoms with Crippen LogP contribution in [0.1, 0.15) is 32.3 Å². The number of aliphatic hydroxyl groups is 1. The maximum Gasteiger partial charge on any atom is 0.160 e. The van der Waals surface area contributed by atoms with Crippen molar-refractivity contribution in [1.29, 1.82) is 0 Å². The van der Waals surface area contributed by atoms with E-state index >= 15 is 0 Å². The van der Waals surface area contributed by atoms with Crippen LogP contribution in [0.2, 0.25) is 0 Å². The molecule has 1 aromatic rings. The molecule has 5 heteroatoms. The molecule has 4 rings (SSSR count). The number of methoxy groups -OCH3 is 2. The summed E-state index contributed by atoms with van der Waals surface area (Å²) in [7, 11) is 5.33. The molecule has 0 unspecified atom stereocenters. The van der Waals surface area contributed by atoms with E-state index in [0.717, 1.165) is 30.4 Å². The zero-order chi connectivity index (χ0) is 21.0. The summed E-state index contributed by atoms with van der Waals surface area (Å²) in [6.07, 6.45) is 5.27. The fourth-order valence-electron chi connectivity index (χ4n) is 4.81. The fraction of sp³-hybridized carbons (Fsp3) is 0.667. The summed E-state index contributed by atoms with van der Waals surface area (Å²) in [5.41, 5.74) is 3.05. The number of aliphatic hydroxyl groups excluding tert-OH is 1. The smallest absolute Gasteiger partial charge is 0.160 e. The van der Waals surface area contributed by atoms with Crippen LogP contribution in [0.4, 0.5) is 0 Å². The first-order valence-electron chi connectivity index (χ1n) is 10.7. The van der Waals surface area contributed by atoms with Crippen molar-refractivity contribution in [2.75, 3.05) is 47.6 Å². The number of allylic oxidation sites excluding steroid dienone is 1. The third-order valence-electron chi connectivity index (χ3n) is 6.91. The third-order valence-corrected chi connectivity index (χ3v) is 6.91. The molecule has 0 aromatic heterocycles. The van der Waals surface area contributed by atoms with E-state index in [9.17, 15) is 5.11 Å². The summed E-state index contributed by atoms with van der Waals surface area (Å²) in [6, 6.07) is 6.00. The number of rotatable bonds is 11. The Labute approximate surface area is 175 Å². The predicted octanol–water partition coefficient (Wildman–Crippen LogP) is 3.55. The first-order chi connectivity index (χ1) is 13.8. The van der Waals surface area contributed by atoms with E-state index in [4.69, 9.17) is 14.2 Å². The largest absolute Gasteiger partial charge is 0.493 e. The van der Waals surface area contributed by atoms with Gasteiger partial charge in [-0.1, -0.05) is 26.0 Å². The van der Waals surface area contributed by atoms with E-state index in [-0.39, 0.29) is 0 Å². The Morgan fingerprint density at radius 3 is 2.62 bits per heavy atom. The predicted molar refractivity (Wildman–Crippen MR) is 116 cm³/mol. The molecule has 3 aliphatic carbocycles. The van der Waals surface area contributed by atoms with Gasteiger partial charge in [-0.25, -0.2) is 0 Å². The molecule has 29 heavy (non-hydrogen) atoms. The summed E-state index contributed by atoms with van der Waals surface area (Å²) >= 11 is 0. The minimum atomic E-state index is -0.475. The first kappa shape index (κ1) is 22.1. The average Bonchev–Trinajstić information content (AvgIpc) is 2.71. The maximum absolute atomic E-state index is 10.4. The van der Waals surface area contributed by atoms with Gasteiger partial charge in [0.2, 0.25) is 0 Å². The Kier molecular flexibility index (Phi) is 7.25. The molecule has 2 bridgehead atoms. The van der Waals surface area contributed by atoms with Crippen LogP contribution < -0.4 is 9.47 Å². The first-order valence-corrected chi connectivity index (χ1v) is 10.7. The van der Waals surface area contributed by atoms with Gasteiger partial charge in [0.1, 0.15) is 0 Å². The molecule has 1 aromatic carbocycles. The number of fused-ring (bicyclic) bond motifs is 1. The summed E-state index contributed by atoms with van der Waals surface area (Å²) < 4.78 is 16.5. The van der Waals surface area contributed by atoms with E-state index in [0.29, 0.717) is 31.1 Å². The van der Waals surface area contributed by atoms with Gasteiger partial charge in [-0.2, -0.15) is 0 Å². The highest BCUT2D eigenvalue weighted by molar-refractivity contribution is 5.42. The lowest BCUT2D eigenvalue weighted by Gasteiger charge is -2.56. The van der Waals surface area contributed by atoms with Crippen molar-refractivity contribution in [2.45, 2.75) is 39.2 Å². The fourth-order valence-corrected chi connectivity index (χ4v) is 4.81. The van der Waals surface area contributed by atoms with Gasteiger partial charge in [0.25, 0.3) is 0 Å². The lowest BCUT2D eigenvalue weighted by molar-refractivity contribution is -0.0255. The van der Waals surface area contributed by atoms with Crippen LogP contribution in [0, 0.1) is 17.3 Å². The highest BCUT2D eigenvalue weighted by Crippen LogP contribution is 2.59. The van der Waals surface area contributed by atoms with Crippen molar-refractivity contribution < 1.29 is 19.3 Å². The highest BCUT2D eigenvalue weighted by Gasteiger charge is 2.50. The molecule has 1 saturated carbocycles. The minimum Gasteiger partial charge on any atom is -0.493 e. The molecule has 5 nitrogen and oxygen atoms in total. The molecule has 0 radical (unpaired) electrons. The van der Waals surface area contributed by atoms with Crippen LogP contribution in [0.5, 0.6) is 11.5 Å². The topological polar surface area (TPSA) is 51.2 Å². The normalized spacial score (nSPS) is 23.3. The Hall–Kier alpha value is -1.56. The molecule has 0 heterocycles. The Bertz CT molecular complexity index is 715. The molecule has 162 valence electrons. The average molecular weight is 404 g/mol. The second-order valence-electron chi connectivity index (χ2n) is 9.19. The van der Waals surface area contributed by atoms with Gasteiger partial charge in [0, 0.05) is 13.1 Å². The van der Waals surface area contributed by atoms with Crippen LogP contribution in [0.25, 0.3) is 0 Å². The highest BCUT2D eigenvalue weighted by atomic mass is 16.5. The lowest BCUT2D eigenvalue weighted by Crippen LogP contribution is -2.48. The quantitative estimate of drug-likeness (QED) is 0.573. The van der Waals surface area contributed by atoms with Crippen LogP contribution in [-0.4, -0.2) is 63.7 Å². The minimum absolute atomic E-state index is 0.384. The standard InChI is InChI=1S/C24H37NO4/c1-24(2)19-8-7-18(21(24)13-19)15-29-16-20(26)14-25(3)11-10-17-6-9-22(27-4)23(12-17)28-5/h6-7,9,12,19-21,26H,8,10-11,13-16H2,1-5H3/t19-,20+,21-/m0/s1. The zero-order valence-corrected chi connectivity index (χ0v) is 18.6. The molecule has 3 aliphatic rings. The Balaban J connectivity index is 1.36. The van der Waals surface area contributed by atoms with Crippen LogP contribution >= 0.6 is 0 Å². The molecule has 0 amide bonds. The van der Waals surface area contributed by atoms with E-state index in [2.05, 4.69) is 30.9 Å². The van der Waals surface area contributed by atoms with Gasteiger partial charge < -0.3 is 24.2 Å². The SMILES string of the molecule is COc1ccc(CCN(C)C[C@@H](O)COCC2=CC[C@H]3C[C@@H]2C3(C)C)cc1OC. The van der Waals surface area contributed by atoms with Gasteiger partial charge in [0.05, 0.1) is 33.5 Å². The number of hydrogen-bond donors (Lipinski definition) is 1. The monoisotopic (exact) mass is 403 g/mol. The van der Waals surface area contributed by atoms with E-state index in [1.807, 2.05) is 19.2 Å². The summed E-state index contributed by atoms with van der Waals surface area (Å²) in [4.78, 5) is 2.14. The second-order valence-corrected chi connectivity index (χ2v) is 9.19. The third kappa shape index (κ3) is 5.14. The van der Waals surface area contributed by atoms with Crippen molar-refractivity contribution in [3.63, 3.8) is 0 Å². The summed E-state index contributed by atoms with van der Waals surface area (Å²) in [5, 5.41) is 10.4. The van der Waals surface area contributed by atoms with Gasteiger partial charge >= 0.3 is 0 Å². The van der Waals surface area contributed by atoms with Crippen molar-refractivity contribution >= 4 is 0 Å². The van der Waals surface area contributed by atoms with Crippen molar-refractivity contribution in [3.05, 3.63) is 35.4 Å². The lowest BCUT2D eigenvalue weighted by atomic mass is 9.49. The molecule has 0 saturated heterocycles. The molecule has 1 N–H and O–H groups in total. The number of nitrogens with zero attached hydrogens (tertiary/aromatic N) is 1. The zero-order valence-electron chi connectivity index (χ0n) is 18.6. The van der Waals surface area contributed by atoms with E-state index in [1.54, 1.807) is 14.2 Å². The number of ether oxygens (including phenoxy) is 3. The van der Waals surface area contributed by atoms with Crippen LogP contribution in [-0.2, 0) is 11.2 Å². The second kappa shape index (κ2) is 9.50. The van der Waals surface area contributed by atoms with Crippen molar-refractivity contribution in [2.24, 2.45) is 17.3 Å². The van der Waals surface area contributed by atoms with Gasteiger partial charge in [0.15, 0.2) is 11.5 Å². The van der Waals surface area contributed by atoms with Crippen molar-refractivity contribution in [3.8, 4) is 11.5 Å². The Morgan fingerprint density at radius 2 is 1.97 bits per heavy atom.